The van der Waals surface area contributed by atoms with Crippen molar-refractivity contribution in [2.24, 2.45) is 0 Å². The molecule has 2 aromatic rings. The quantitative estimate of drug-likeness (QED) is 0.633. The molecule has 0 fully saturated rings. The lowest BCUT2D eigenvalue weighted by Crippen LogP contribution is -2.38. The molecule has 0 aliphatic heterocycles. The summed E-state index contributed by atoms with van der Waals surface area (Å²) >= 11 is 7.01. The Bertz CT molecular complexity index is 816. The first-order valence-corrected chi connectivity index (χ1v) is 8.49. The molecule has 0 saturated carbocycles. The van der Waals surface area contributed by atoms with E-state index >= 15 is 0 Å². The number of hydrogen-bond acceptors (Lipinski definition) is 6. The van der Waals surface area contributed by atoms with E-state index in [-0.39, 0.29) is 22.5 Å². The Balaban J connectivity index is 2.07. The molecular weight excluding hydrogens is 350 g/mol. The van der Waals surface area contributed by atoms with E-state index in [1.807, 2.05) is 20.8 Å². The minimum absolute atomic E-state index is 0.0193. The average molecular weight is 368 g/mol. The Morgan fingerprint density at radius 1 is 1.33 bits per heavy atom. The topological polar surface area (TPSA) is 103 Å². The van der Waals surface area contributed by atoms with Gasteiger partial charge in [-0.1, -0.05) is 56.3 Å². The first-order valence-electron chi connectivity index (χ1n) is 7.12. The number of hydrogen-bond donors (Lipinski definition) is 2. The molecule has 2 rings (SSSR count). The van der Waals surface area contributed by atoms with Crippen LogP contribution in [0.25, 0.3) is 0 Å². The summed E-state index contributed by atoms with van der Waals surface area (Å²) in [6, 6.07) is 6.91. The number of nitrogen functional groups attached to an aromatic ring is 1. The summed E-state index contributed by atoms with van der Waals surface area (Å²) < 4.78 is 0.918. The predicted molar refractivity (Wildman–Crippen MR) is 95.9 cm³/mol. The van der Waals surface area contributed by atoms with Crippen LogP contribution >= 0.6 is 23.4 Å². The van der Waals surface area contributed by atoms with Crippen LogP contribution in [0, 0.1) is 0 Å². The van der Waals surface area contributed by atoms with Crippen LogP contribution < -0.4 is 16.7 Å². The molecule has 9 heteroatoms. The zero-order valence-electron chi connectivity index (χ0n) is 13.5. The number of nitrogens with one attached hydrogen (secondary N) is 1. The van der Waals surface area contributed by atoms with Crippen molar-refractivity contribution in [2.75, 3.05) is 16.9 Å². The highest BCUT2D eigenvalue weighted by Gasteiger charge is 2.23. The number of para-hydroxylation sites is 1. The number of benzene rings is 1. The third kappa shape index (κ3) is 4.27. The maximum atomic E-state index is 12.2. The predicted octanol–water partition coefficient (Wildman–Crippen LogP) is 2.03. The minimum Gasteiger partial charge on any atom is -0.334 e. The van der Waals surface area contributed by atoms with Gasteiger partial charge in [-0.05, 0) is 12.1 Å². The van der Waals surface area contributed by atoms with Crippen molar-refractivity contribution in [3.05, 3.63) is 45.3 Å². The number of halogens is 1. The normalized spacial score (nSPS) is 11.3. The average Bonchev–Trinajstić information content (AvgIpc) is 2.50. The van der Waals surface area contributed by atoms with E-state index in [0.29, 0.717) is 10.7 Å². The Morgan fingerprint density at radius 2 is 2.00 bits per heavy atom. The van der Waals surface area contributed by atoms with Gasteiger partial charge >= 0.3 is 0 Å². The van der Waals surface area contributed by atoms with Crippen molar-refractivity contribution in [3.8, 4) is 0 Å². The molecule has 3 N–H and O–H groups in total. The van der Waals surface area contributed by atoms with Crippen LogP contribution in [-0.2, 0) is 10.2 Å². The van der Waals surface area contributed by atoms with Crippen LogP contribution in [0.15, 0.2) is 34.2 Å². The highest BCUT2D eigenvalue weighted by molar-refractivity contribution is 7.99. The molecule has 1 heterocycles. The second-order valence-corrected chi connectivity index (χ2v) is 7.42. The highest BCUT2D eigenvalue weighted by atomic mass is 35.5. The van der Waals surface area contributed by atoms with Gasteiger partial charge in [0.1, 0.15) is 5.69 Å². The van der Waals surface area contributed by atoms with Crippen LogP contribution in [0.3, 0.4) is 0 Å². The summed E-state index contributed by atoms with van der Waals surface area (Å²) in [5, 5.41) is 11.2. The van der Waals surface area contributed by atoms with Gasteiger partial charge < -0.3 is 11.2 Å². The molecule has 1 amide bonds. The molecule has 0 atom stereocenters. The third-order valence-corrected chi connectivity index (χ3v) is 4.33. The highest BCUT2D eigenvalue weighted by Crippen LogP contribution is 2.21. The van der Waals surface area contributed by atoms with Crippen molar-refractivity contribution in [1.82, 2.24) is 14.9 Å². The molecule has 128 valence electrons. The van der Waals surface area contributed by atoms with Crippen molar-refractivity contribution in [3.63, 3.8) is 0 Å². The van der Waals surface area contributed by atoms with Crippen LogP contribution in [0.5, 0.6) is 0 Å². The molecule has 0 spiro atoms. The molecule has 0 aliphatic rings. The van der Waals surface area contributed by atoms with Gasteiger partial charge in [-0.15, -0.1) is 10.2 Å². The summed E-state index contributed by atoms with van der Waals surface area (Å²) in [5.74, 6) is 5.50. The molecule has 0 saturated heterocycles. The Hall–Kier alpha value is -2.06. The van der Waals surface area contributed by atoms with Gasteiger partial charge in [-0.2, -0.15) is 4.68 Å². The van der Waals surface area contributed by atoms with E-state index < -0.39 is 11.0 Å². The summed E-state index contributed by atoms with van der Waals surface area (Å²) in [7, 11) is 0. The second-order valence-electron chi connectivity index (χ2n) is 6.07. The smallest absolute Gasteiger partial charge is 0.295 e. The first-order chi connectivity index (χ1) is 11.2. The van der Waals surface area contributed by atoms with Crippen molar-refractivity contribution < 1.29 is 4.79 Å². The number of carbonyl (C=O) groups is 1. The Labute approximate surface area is 148 Å². The maximum Gasteiger partial charge on any atom is 0.295 e. The Kier molecular flexibility index (Phi) is 5.51. The lowest BCUT2D eigenvalue weighted by molar-refractivity contribution is -0.113. The van der Waals surface area contributed by atoms with Gasteiger partial charge in [0.2, 0.25) is 11.1 Å². The number of carbonyl (C=O) groups excluding carboxylic acids is 1. The molecule has 7 nitrogen and oxygen atoms in total. The van der Waals surface area contributed by atoms with E-state index in [1.54, 1.807) is 24.3 Å². The number of anilines is 1. The van der Waals surface area contributed by atoms with Crippen LogP contribution in [0.4, 0.5) is 5.69 Å². The zero-order chi connectivity index (χ0) is 17.9. The summed E-state index contributed by atoms with van der Waals surface area (Å²) in [4.78, 5) is 24.2. The molecule has 1 aromatic heterocycles. The number of nitrogens with zero attached hydrogens (tertiary/aromatic N) is 3. The lowest BCUT2D eigenvalue weighted by atomic mass is 9.93. The van der Waals surface area contributed by atoms with Crippen molar-refractivity contribution >= 4 is 35.0 Å². The molecule has 1 aromatic carbocycles. The van der Waals surface area contributed by atoms with E-state index in [2.05, 4.69) is 15.5 Å². The lowest BCUT2D eigenvalue weighted by Gasteiger charge is -2.17. The minimum atomic E-state index is -0.462. The summed E-state index contributed by atoms with van der Waals surface area (Å²) in [5.41, 5.74) is -0.0963. The number of aromatic nitrogens is 3. The van der Waals surface area contributed by atoms with Gasteiger partial charge in [0.25, 0.3) is 5.56 Å². The SMILES string of the molecule is CC(C)(C)c1nnc(SCC(=O)Nc2ccccc2Cl)n(N)c1=O. The molecule has 0 bridgehead atoms. The van der Waals surface area contributed by atoms with Crippen molar-refractivity contribution in [1.29, 1.82) is 0 Å². The summed E-state index contributed by atoms with van der Waals surface area (Å²) in [6.07, 6.45) is 0. The van der Waals surface area contributed by atoms with E-state index in [1.165, 1.54) is 0 Å². The number of amides is 1. The zero-order valence-corrected chi connectivity index (χ0v) is 15.1. The molecular formula is C15H18ClN5O2S. The van der Waals surface area contributed by atoms with E-state index in [4.69, 9.17) is 17.4 Å². The largest absolute Gasteiger partial charge is 0.334 e. The maximum absolute atomic E-state index is 12.2. The van der Waals surface area contributed by atoms with Crippen LogP contribution in [-0.4, -0.2) is 26.5 Å². The van der Waals surface area contributed by atoms with Crippen LogP contribution in [0.1, 0.15) is 26.5 Å². The summed E-state index contributed by atoms with van der Waals surface area (Å²) in [6.45, 7) is 5.55. The first kappa shape index (κ1) is 18.3. The number of thioether (sulfide) groups is 1. The molecule has 24 heavy (non-hydrogen) atoms. The number of nitrogens with two attached hydrogens (primary N) is 1. The fourth-order valence-electron chi connectivity index (χ4n) is 1.83. The van der Waals surface area contributed by atoms with Gasteiger partial charge in [0.15, 0.2) is 0 Å². The second kappa shape index (κ2) is 7.23. The van der Waals surface area contributed by atoms with Gasteiger partial charge in [0.05, 0.1) is 16.5 Å². The molecule has 0 unspecified atom stereocenters. The van der Waals surface area contributed by atoms with Crippen molar-refractivity contribution in [2.45, 2.75) is 31.3 Å². The fraction of sp³-hybridized carbons (Fsp3) is 0.333. The van der Waals surface area contributed by atoms with Gasteiger partial charge in [-0.25, -0.2) is 0 Å². The van der Waals surface area contributed by atoms with E-state index in [9.17, 15) is 9.59 Å². The van der Waals surface area contributed by atoms with Crippen LogP contribution in [0.2, 0.25) is 5.02 Å². The monoisotopic (exact) mass is 367 g/mol. The molecule has 0 aliphatic carbocycles. The third-order valence-electron chi connectivity index (χ3n) is 3.05. The van der Waals surface area contributed by atoms with Gasteiger partial charge in [0, 0.05) is 5.41 Å². The standard InChI is InChI=1S/C15H18ClN5O2S/c1-15(2,3)12-13(23)21(17)14(20-19-12)24-8-11(22)18-10-7-5-4-6-9(10)16/h4-7H,8,17H2,1-3H3,(H,18,22). The molecule has 0 radical (unpaired) electrons. The number of rotatable bonds is 4. The Morgan fingerprint density at radius 3 is 2.62 bits per heavy atom. The van der Waals surface area contributed by atoms with E-state index in [0.717, 1.165) is 16.4 Å². The van der Waals surface area contributed by atoms with Gasteiger partial charge in [-0.3, -0.25) is 9.59 Å². The fourth-order valence-corrected chi connectivity index (χ4v) is 2.67.